The van der Waals surface area contributed by atoms with Gasteiger partial charge in [-0.15, -0.1) is 0 Å². The van der Waals surface area contributed by atoms with E-state index in [2.05, 4.69) is 0 Å². The van der Waals surface area contributed by atoms with Gasteiger partial charge in [-0.25, -0.2) is 0 Å². The fourth-order valence-corrected chi connectivity index (χ4v) is 2.55. The molecule has 0 aliphatic carbocycles. The molecule has 0 N–H and O–H groups in total. The summed E-state index contributed by atoms with van der Waals surface area (Å²) >= 11 is 24.1. The van der Waals surface area contributed by atoms with Gasteiger partial charge in [0.1, 0.15) is 0 Å². The van der Waals surface area contributed by atoms with Gasteiger partial charge in [-0.05, 0) is 24.3 Å². The summed E-state index contributed by atoms with van der Waals surface area (Å²) in [6, 6.07) is 10.6. The molecule has 0 aliphatic rings. The quantitative estimate of drug-likeness (QED) is 0.607. The Balaban J connectivity index is 2.68. The first-order chi connectivity index (χ1) is 7.59. The Kier molecular flexibility index (Phi) is 3.66. The summed E-state index contributed by atoms with van der Waals surface area (Å²) < 4.78 is 0. The number of hydrogen-bond donors (Lipinski definition) is 0. The fraction of sp³-hybridized carbons (Fsp3) is 0. The summed E-state index contributed by atoms with van der Waals surface area (Å²) in [6.45, 7) is 0. The Hall–Kier alpha value is -0.400. The van der Waals surface area contributed by atoms with Crippen LogP contribution in [0.25, 0.3) is 11.1 Å². The molecule has 0 amide bonds. The first-order valence-electron chi connectivity index (χ1n) is 4.49. The van der Waals surface area contributed by atoms with Gasteiger partial charge in [-0.1, -0.05) is 58.5 Å². The molecule has 0 spiro atoms. The van der Waals surface area contributed by atoms with Crippen LogP contribution < -0.4 is 0 Å². The van der Waals surface area contributed by atoms with Crippen molar-refractivity contribution in [3.63, 3.8) is 0 Å². The van der Waals surface area contributed by atoms with Gasteiger partial charge in [-0.3, -0.25) is 0 Å². The highest BCUT2D eigenvalue weighted by Gasteiger charge is 2.11. The third-order valence-corrected chi connectivity index (χ3v) is 3.34. The van der Waals surface area contributed by atoms with Crippen molar-refractivity contribution in [2.45, 2.75) is 0 Å². The number of benzene rings is 2. The summed E-state index contributed by atoms with van der Waals surface area (Å²) in [5.74, 6) is 0. The Bertz CT molecular complexity index is 514. The largest absolute Gasteiger partial charge is 0.0843 e. The SMILES string of the molecule is Clc1ccc(-c2c(Cl)cccc2Cl)c(Cl)c1. The molecule has 0 heterocycles. The average Bonchev–Trinajstić information content (AvgIpc) is 2.20. The predicted molar refractivity (Wildman–Crippen MR) is 71.9 cm³/mol. The molecule has 0 aromatic heterocycles. The summed E-state index contributed by atoms with van der Waals surface area (Å²) in [7, 11) is 0. The second-order valence-corrected chi connectivity index (χ2v) is 4.88. The lowest BCUT2D eigenvalue weighted by atomic mass is 10.1. The second kappa shape index (κ2) is 4.85. The van der Waals surface area contributed by atoms with Crippen LogP contribution in [0.4, 0.5) is 0 Å². The van der Waals surface area contributed by atoms with E-state index in [0.717, 1.165) is 11.1 Å². The van der Waals surface area contributed by atoms with Crippen LogP contribution in [0, 0.1) is 0 Å². The number of rotatable bonds is 1. The van der Waals surface area contributed by atoms with E-state index >= 15 is 0 Å². The van der Waals surface area contributed by atoms with E-state index in [1.807, 2.05) is 0 Å². The molecule has 4 heteroatoms. The average molecular weight is 292 g/mol. The molecule has 2 rings (SSSR count). The third-order valence-electron chi connectivity index (χ3n) is 2.16. The van der Waals surface area contributed by atoms with Gasteiger partial charge in [0.2, 0.25) is 0 Å². The lowest BCUT2D eigenvalue weighted by Crippen LogP contribution is -1.83. The van der Waals surface area contributed by atoms with E-state index in [1.54, 1.807) is 36.4 Å². The first kappa shape index (κ1) is 12.1. The molecular formula is C12H6Cl4. The summed E-state index contributed by atoms with van der Waals surface area (Å²) in [5.41, 5.74) is 1.51. The van der Waals surface area contributed by atoms with Gasteiger partial charge in [0.05, 0.1) is 0 Å². The molecule has 0 unspecified atom stereocenters. The Morgan fingerprint density at radius 2 is 1.31 bits per heavy atom. The van der Waals surface area contributed by atoms with Gasteiger partial charge in [0.15, 0.2) is 0 Å². The fourth-order valence-electron chi connectivity index (χ4n) is 1.45. The maximum atomic E-state index is 6.11. The number of hydrogen-bond acceptors (Lipinski definition) is 0. The zero-order valence-electron chi connectivity index (χ0n) is 7.98. The van der Waals surface area contributed by atoms with Crippen LogP contribution in [0.15, 0.2) is 36.4 Å². The van der Waals surface area contributed by atoms with Crippen LogP contribution in [0.3, 0.4) is 0 Å². The topological polar surface area (TPSA) is 0 Å². The van der Waals surface area contributed by atoms with Gasteiger partial charge < -0.3 is 0 Å². The van der Waals surface area contributed by atoms with Crippen LogP contribution in [-0.4, -0.2) is 0 Å². The van der Waals surface area contributed by atoms with Gasteiger partial charge >= 0.3 is 0 Å². The van der Waals surface area contributed by atoms with E-state index in [0.29, 0.717) is 20.1 Å². The van der Waals surface area contributed by atoms with Gasteiger partial charge in [0.25, 0.3) is 0 Å². The lowest BCUT2D eigenvalue weighted by molar-refractivity contribution is 1.61. The molecule has 82 valence electrons. The van der Waals surface area contributed by atoms with Gasteiger partial charge in [0, 0.05) is 31.2 Å². The zero-order chi connectivity index (χ0) is 11.7. The molecule has 0 aliphatic heterocycles. The van der Waals surface area contributed by atoms with E-state index in [4.69, 9.17) is 46.4 Å². The van der Waals surface area contributed by atoms with Crippen molar-refractivity contribution in [3.8, 4) is 11.1 Å². The molecule has 0 fully saturated rings. The second-order valence-electron chi connectivity index (χ2n) is 3.22. The monoisotopic (exact) mass is 290 g/mol. The van der Waals surface area contributed by atoms with Crippen molar-refractivity contribution in [1.82, 2.24) is 0 Å². The predicted octanol–water partition coefficient (Wildman–Crippen LogP) is 5.97. The van der Waals surface area contributed by atoms with E-state index < -0.39 is 0 Å². The standard InChI is InChI=1S/C12H6Cl4/c13-7-4-5-8(11(16)6-7)12-9(14)2-1-3-10(12)15/h1-6H. The maximum Gasteiger partial charge on any atom is 0.0500 e. The molecule has 0 radical (unpaired) electrons. The summed E-state index contributed by atoms with van der Waals surface area (Å²) in [4.78, 5) is 0. The Labute approximate surface area is 114 Å². The van der Waals surface area contributed by atoms with Crippen molar-refractivity contribution in [2.24, 2.45) is 0 Å². The molecule has 2 aromatic carbocycles. The van der Waals surface area contributed by atoms with Crippen LogP contribution in [0.1, 0.15) is 0 Å². The molecule has 0 saturated carbocycles. The van der Waals surface area contributed by atoms with E-state index in [9.17, 15) is 0 Å². The van der Waals surface area contributed by atoms with Crippen LogP contribution in [0.2, 0.25) is 20.1 Å². The highest BCUT2D eigenvalue weighted by molar-refractivity contribution is 6.41. The zero-order valence-corrected chi connectivity index (χ0v) is 11.0. The smallest absolute Gasteiger partial charge is 0.0500 e. The minimum absolute atomic E-state index is 0.530. The lowest BCUT2D eigenvalue weighted by Gasteiger charge is -2.09. The normalized spacial score (nSPS) is 10.5. The van der Waals surface area contributed by atoms with Crippen molar-refractivity contribution < 1.29 is 0 Å². The van der Waals surface area contributed by atoms with E-state index in [-0.39, 0.29) is 0 Å². The van der Waals surface area contributed by atoms with Crippen molar-refractivity contribution >= 4 is 46.4 Å². The van der Waals surface area contributed by atoms with Gasteiger partial charge in [-0.2, -0.15) is 0 Å². The summed E-state index contributed by atoms with van der Waals surface area (Å²) in [5, 5.41) is 2.24. The molecule has 16 heavy (non-hydrogen) atoms. The molecular weight excluding hydrogens is 286 g/mol. The van der Waals surface area contributed by atoms with E-state index in [1.165, 1.54) is 0 Å². The van der Waals surface area contributed by atoms with Crippen LogP contribution >= 0.6 is 46.4 Å². The molecule has 0 atom stereocenters. The minimum atomic E-state index is 0.530. The van der Waals surface area contributed by atoms with Crippen LogP contribution in [0.5, 0.6) is 0 Å². The Morgan fingerprint density at radius 1 is 0.688 bits per heavy atom. The maximum absolute atomic E-state index is 6.11. The molecule has 0 nitrogen and oxygen atoms in total. The van der Waals surface area contributed by atoms with Crippen LogP contribution in [-0.2, 0) is 0 Å². The minimum Gasteiger partial charge on any atom is -0.0843 e. The Morgan fingerprint density at radius 3 is 1.88 bits per heavy atom. The first-order valence-corrected chi connectivity index (χ1v) is 6.00. The molecule has 0 saturated heterocycles. The van der Waals surface area contributed by atoms with Crippen molar-refractivity contribution in [1.29, 1.82) is 0 Å². The molecule has 2 aromatic rings. The number of halogens is 4. The van der Waals surface area contributed by atoms with Crippen molar-refractivity contribution in [2.75, 3.05) is 0 Å². The highest BCUT2D eigenvalue weighted by atomic mass is 35.5. The molecule has 0 bridgehead atoms. The summed E-state index contributed by atoms with van der Waals surface area (Å²) in [6.07, 6.45) is 0. The highest BCUT2D eigenvalue weighted by Crippen LogP contribution is 2.39. The third kappa shape index (κ3) is 2.31. The van der Waals surface area contributed by atoms with Crippen molar-refractivity contribution in [3.05, 3.63) is 56.5 Å².